The molecule has 86 valence electrons. The van der Waals surface area contributed by atoms with Crippen molar-refractivity contribution >= 4 is 5.69 Å². The molecule has 3 rings (SSSR count). The molecular weight excluding hydrogens is 196 g/mol. The summed E-state index contributed by atoms with van der Waals surface area (Å²) in [6, 6.07) is 7.60. The summed E-state index contributed by atoms with van der Waals surface area (Å²) in [6.45, 7) is 2.16. The fourth-order valence-corrected chi connectivity index (χ4v) is 2.88. The third kappa shape index (κ3) is 2.07. The van der Waals surface area contributed by atoms with Crippen molar-refractivity contribution in [1.82, 2.24) is 5.32 Å². The largest absolute Gasteiger partial charge is 0.382 e. The Morgan fingerprint density at radius 3 is 2.88 bits per heavy atom. The van der Waals surface area contributed by atoms with Crippen LogP contribution in [0.4, 0.5) is 5.69 Å². The maximum atomic E-state index is 3.66. The van der Waals surface area contributed by atoms with E-state index in [2.05, 4.69) is 28.8 Å². The van der Waals surface area contributed by atoms with Crippen LogP contribution in [0, 0.1) is 0 Å². The van der Waals surface area contributed by atoms with Gasteiger partial charge in [-0.1, -0.05) is 18.9 Å². The monoisotopic (exact) mass is 216 g/mol. The third-order valence-corrected chi connectivity index (χ3v) is 3.82. The van der Waals surface area contributed by atoms with Crippen molar-refractivity contribution in [3.63, 3.8) is 0 Å². The minimum atomic E-state index is 0.717. The first-order valence-corrected chi connectivity index (χ1v) is 6.51. The normalized spacial score (nSPS) is 20.8. The fourth-order valence-electron chi connectivity index (χ4n) is 2.88. The first-order chi connectivity index (χ1) is 7.92. The molecule has 0 atom stereocenters. The Balaban J connectivity index is 1.74. The zero-order valence-electron chi connectivity index (χ0n) is 9.76. The maximum Gasteiger partial charge on any atom is 0.0345 e. The van der Waals surface area contributed by atoms with Crippen molar-refractivity contribution < 1.29 is 0 Å². The summed E-state index contributed by atoms with van der Waals surface area (Å²) in [7, 11) is 0. The molecule has 0 amide bonds. The lowest BCUT2D eigenvalue weighted by Crippen LogP contribution is -2.24. The molecule has 16 heavy (non-hydrogen) atoms. The van der Waals surface area contributed by atoms with Gasteiger partial charge in [0.25, 0.3) is 0 Å². The van der Waals surface area contributed by atoms with Gasteiger partial charge < -0.3 is 10.6 Å². The standard InChI is InChI=1S/C14H20N2/c1-2-4-13(3-1)16-14-6-5-11-7-8-15-10-12(11)9-14/h5-6,9,13,15-16H,1-4,7-8,10H2. The topological polar surface area (TPSA) is 24.1 Å². The highest BCUT2D eigenvalue weighted by molar-refractivity contribution is 5.50. The van der Waals surface area contributed by atoms with Crippen molar-refractivity contribution in [2.45, 2.75) is 44.7 Å². The number of rotatable bonds is 2. The molecule has 1 fully saturated rings. The molecule has 2 aliphatic rings. The lowest BCUT2D eigenvalue weighted by molar-refractivity contribution is 0.643. The molecule has 1 aromatic carbocycles. The molecule has 1 aliphatic carbocycles. The fraction of sp³-hybridized carbons (Fsp3) is 0.571. The second-order valence-electron chi connectivity index (χ2n) is 5.04. The summed E-state index contributed by atoms with van der Waals surface area (Å²) >= 11 is 0. The molecule has 0 bridgehead atoms. The van der Waals surface area contributed by atoms with Crippen LogP contribution in [0.15, 0.2) is 18.2 Å². The molecule has 2 heteroatoms. The molecule has 1 saturated carbocycles. The minimum absolute atomic E-state index is 0.717. The van der Waals surface area contributed by atoms with Crippen molar-refractivity contribution in [3.05, 3.63) is 29.3 Å². The van der Waals surface area contributed by atoms with E-state index in [1.54, 1.807) is 0 Å². The Labute approximate surface area is 97.4 Å². The Morgan fingerprint density at radius 2 is 2.00 bits per heavy atom. The van der Waals surface area contributed by atoms with Crippen LogP contribution < -0.4 is 10.6 Å². The number of hydrogen-bond acceptors (Lipinski definition) is 2. The van der Waals surface area contributed by atoms with Crippen LogP contribution in [0.3, 0.4) is 0 Å². The molecular formula is C14H20N2. The maximum absolute atomic E-state index is 3.66. The van der Waals surface area contributed by atoms with Gasteiger partial charge in [0.05, 0.1) is 0 Å². The predicted octanol–water partition coefficient (Wildman–Crippen LogP) is 2.69. The number of anilines is 1. The lowest BCUT2D eigenvalue weighted by atomic mass is 10.0. The summed E-state index contributed by atoms with van der Waals surface area (Å²) in [5.41, 5.74) is 4.32. The first-order valence-electron chi connectivity index (χ1n) is 6.51. The van der Waals surface area contributed by atoms with Gasteiger partial charge in [-0.3, -0.25) is 0 Å². The molecule has 0 aromatic heterocycles. The van der Waals surface area contributed by atoms with Crippen LogP contribution in [0.25, 0.3) is 0 Å². The van der Waals surface area contributed by atoms with Gasteiger partial charge in [-0.15, -0.1) is 0 Å². The first kappa shape index (κ1) is 10.2. The highest BCUT2D eigenvalue weighted by atomic mass is 14.9. The van der Waals surface area contributed by atoms with E-state index < -0.39 is 0 Å². The number of nitrogens with one attached hydrogen (secondary N) is 2. The Kier molecular flexibility index (Phi) is 2.83. The zero-order valence-corrected chi connectivity index (χ0v) is 9.76. The van der Waals surface area contributed by atoms with Crippen LogP contribution in [0.2, 0.25) is 0 Å². The predicted molar refractivity (Wildman–Crippen MR) is 67.7 cm³/mol. The molecule has 2 N–H and O–H groups in total. The molecule has 1 aliphatic heterocycles. The van der Waals surface area contributed by atoms with Gasteiger partial charge in [-0.05, 0) is 49.1 Å². The van der Waals surface area contributed by atoms with Crippen LogP contribution in [-0.4, -0.2) is 12.6 Å². The van der Waals surface area contributed by atoms with Crippen molar-refractivity contribution in [1.29, 1.82) is 0 Å². The Bertz CT molecular complexity index is 367. The van der Waals surface area contributed by atoms with Gasteiger partial charge in [0, 0.05) is 18.3 Å². The SMILES string of the molecule is c1cc2c(cc1NC1CCCC1)CNCC2. The molecule has 1 heterocycles. The average molecular weight is 216 g/mol. The Morgan fingerprint density at radius 1 is 1.12 bits per heavy atom. The summed E-state index contributed by atoms with van der Waals surface area (Å²) in [5.74, 6) is 0. The van der Waals surface area contributed by atoms with Gasteiger partial charge in [0.1, 0.15) is 0 Å². The van der Waals surface area contributed by atoms with E-state index in [-0.39, 0.29) is 0 Å². The van der Waals surface area contributed by atoms with E-state index in [1.165, 1.54) is 48.9 Å². The molecule has 0 spiro atoms. The van der Waals surface area contributed by atoms with Gasteiger partial charge in [0.15, 0.2) is 0 Å². The molecule has 0 saturated heterocycles. The third-order valence-electron chi connectivity index (χ3n) is 3.82. The summed E-state index contributed by atoms with van der Waals surface area (Å²) in [4.78, 5) is 0. The summed E-state index contributed by atoms with van der Waals surface area (Å²) < 4.78 is 0. The van der Waals surface area contributed by atoms with Crippen molar-refractivity contribution in [3.8, 4) is 0 Å². The van der Waals surface area contributed by atoms with Crippen LogP contribution >= 0.6 is 0 Å². The molecule has 0 radical (unpaired) electrons. The second-order valence-corrected chi connectivity index (χ2v) is 5.04. The highest BCUT2D eigenvalue weighted by Crippen LogP contribution is 2.24. The number of benzene rings is 1. The van der Waals surface area contributed by atoms with E-state index in [9.17, 15) is 0 Å². The molecule has 2 nitrogen and oxygen atoms in total. The van der Waals surface area contributed by atoms with Gasteiger partial charge >= 0.3 is 0 Å². The molecule has 0 unspecified atom stereocenters. The van der Waals surface area contributed by atoms with E-state index >= 15 is 0 Å². The van der Waals surface area contributed by atoms with Gasteiger partial charge in [0.2, 0.25) is 0 Å². The Hall–Kier alpha value is -1.02. The van der Waals surface area contributed by atoms with Crippen molar-refractivity contribution in [2.75, 3.05) is 11.9 Å². The second kappa shape index (κ2) is 4.46. The van der Waals surface area contributed by atoms with E-state index in [0.717, 1.165) is 19.1 Å². The van der Waals surface area contributed by atoms with Gasteiger partial charge in [-0.2, -0.15) is 0 Å². The van der Waals surface area contributed by atoms with Crippen molar-refractivity contribution in [2.24, 2.45) is 0 Å². The molecule has 1 aromatic rings. The van der Waals surface area contributed by atoms with Crippen LogP contribution in [-0.2, 0) is 13.0 Å². The van der Waals surface area contributed by atoms with Crippen LogP contribution in [0.5, 0.6) is 0 Å². The number of hydrogen-bond donors (Lipinski definition) is 2. The lowest BCUT2D eigenvalue weighted by Gasteiger charge is -2.20. The highest BCUT2D eigenvalue weighted by Gasteiger charge is 2.15. The minimum Gasteiger partial charge on any atom is -0.382 e. The van der Waals surface area contributed by atoms with E-state index in [0.29, 0.717) is 0 Å². The summed E-state index contributed by atoms with van der Waals surface area (Å²) in [6.07, 6.45) is 6.65. The zero-order chi connectivity index (χ0) is 10.8. The van der Waals surface area contributed by atoms with Crippen LogP contribution in [0.1, 0.15) is 36.8 Å². The average Bonchev–Trinajstić information content (AvgIpc) is 2.82. The van der Waals surface area contributed by atoms with Gasteiger partial charge in [-0.25, -0.2) is 0 Å². The van der Waals surface area contributed by atoms with E-state index in [1.807, 2.05) is 0 Å². The quantitative estimate of drug-likeness (QED) is 0.794. The number of fused-ring (bicyclic) bond motifs is 1. The summed E-state index contributed by atoms with van der Waals surface area (Å²) in [5, 5.41) is 7.10. The van der Waals surface area contributed by atoms with E-state index in [4.69, 9.17) is 0 Å². The smallest absolute Gasteiger partial charge is 0.0345 e.